The lowest BCUT2D eigenvalue weighted by Crippen LogP contribution is -2.09. The third-order valence-corrected chi connectivity index (χ3v) is 10.3. The van der Waals surface area contributed by atoms with Crippen molar-refractivity contribution in [1.29, 1.82) is 0 Å². The molecule has 0 aliphatic heterocycles. The summed E-state index contributed by atoms with van der Waals surface area (Å²) in [4.78, 5) is 2.26. The van der Waals surface area contributed by atoms with E-state index in [2.05, 4.69) is 150 Å². The number of para-hydroxylation sites is 4. The van der Waals surface area contributed by atoms with Gasteiger partial charge in [-0.2, -0.15) is 0 Å². The van der Waals surface area contributed by atoms with Gasteiger partial charge in [0.1, 0.15) is 33.5 Å². The molecule has 11 rings (SSSR count). The summed E-state index contributed by atoms with van der Waals surface area (Å²) in [5.41, 5.74) is 12.6. The predicted octanol–water partition coefficient (Wildman–Crippen LogP) is 14.2. The summed E-state index contributed by atoms with van der Waals surface area (Å²) in [6.07, 6.45) is 0. The molecule has 0 radical (unpaired) electrons. The number of anilines is 3. The summed E-state index contributed by atoms with van der Waals surface area (Å²) in [7, 11) is 0. The van der Waals surface area contributed by atoms with Crippen LogP contribution in [0.5, 0.6) is 0 Å². The molecule has 0 aliphatic rings. The van der Waals surface area contributed by atoms with E-state index in [1.807, 2.05) is 30.3 Å². The molecule has 0 saturated heterocycles. The lowest BCUT2D eigenvalue weighted by molar-refractivity contribution is 0.669. The van der Waals surface area contributed by atoms with Crippen molar-refractivity contribution < 1.29 is 13.3 Å². The van der Waals surface area contributed by atoms with E-state index in [9.17, 15) is 0 Å². The van der Waals surface area contributed by atoms with Crippen molar-refractivity contribution in [2.24, 2.45) is 0 Å². The number of nitrogens with zero attached hydrogens (tertiary/aromatic N) is 1. The number of hydrogen-bond acceptors (Lipinski definition) is 4. The van der Waals surface area contributed by atoms with Gasteiger partial charge < -0.3 is 18.2 Å². The molecule has 3 aromatic heterocycles. The number of benzene rings is 8. The van der Waals surface area contributed by atoms with E-state index in [0.717, 1.165) is 105 Å². The smallest absolute Gasteiger partial charge is 0.143 e. The van der Waals surface area contributed by atoms with Crippen LogP contribution in [-0.4, -0.2) is 0 Å². The van der Waals surface area contributed by atoms with E-state index in [0.29, 0.717) is 0 Å². The van der Waals surface area contributed by atoms with Crippen molar-refractivity contribution in [2.45, 2.75) is 0 Å². The zero-order valence-corrected chi connectivity index (χ0v) is 27.9. The van der Waals surface area contributed by atoms with Crippen molar-refractivity contribution in [3.63, 3.8) is 0 Å². The topological polar surface area (TPSA) is 42.7 Å². The summed E-state index contributed by atoms with van der Waals surface area (Å²) in [5, 5.41) is 6.63. The number of rotatable bonds is 5. The van der Waals surface area contributed by atoms with E-state index in [1.165, 1.54) is 0 Å². The van der Waals surface area contributed by atoms with Gasteiger partial charge in [0.25, 0.3) is 0 Å². The van der Waals surface area contributed by atoms with Gasteiger partial charge in [-0.3, -0.25) is 0 Å². The molecular weight excluding hydrogens is 639 g/mol. The second-order valence-corrected chi connectivity index (χ2v) is 13.3. The van der Waals surface area contributed by atoms with Crippen LogP contribution in [0.3, 0.4) is 0 Å². The average molecular weight is 668 g/mol. The Bertz CT molecular complexity index is 3010. The van der Waals surface area contributed by atoms with Crippen molar-refractivity contribution in [3.05, 3.63) is 176 Å². The van der Waals surface area contributed by atoms with Gasteiger partial charge in [-0.05, 0) is 59.7 Å². The van der Waals surface area contributed by atoms with Gasteiger partial charge >= 0.3 is 0 Å². The molecule has 0 N–H and O–H groups in total. The van der Waals surface area contributed by atoms with Crippen molar-refractivity contribution in [2.75, 3.05) is 4.90 Å². The number of hydrogen-bond donors (Lipinski definition) is 0. The Kier molecular flexibility index (Phi) is 6.22. The molecule has 0 bridgehead atoms. The van der Waals surface area contributed by atoms with E-state index < -0.39 is 0 Å². The molecule has 0 amide bonds. The standard InChI is InChI=1S/C48H29NO3/c1-2-10-30(11-3-1)35-14-8-16-41-42-17-9-15-36(48(42)52-47(35)41)31-20-22-32(23-21-31)49(33-24-26-39-37-12-4-6-18-43(37)50-45(39)28-33)34-25-27-40-38-13-5-7-19-44(38)51-46(40)29-34/h1-29H. The van der Waals surface area contributed by atoms with Crippen LogP contribution < -0.4 is 4.90 Å². The molecule has 52 heavy (non-hydrogen) atoms. The Morgan fingerprint density at radius 3 is 1.29 bits per heavy atom. The Labute approximate surface area is 298 Å². The van der Waals surface area contributed by atoms with Crippen LogP contribution in [0.15, 0.2) is 189 Å². The highest BCUT2D eigenvalue weighted by atomic mass is 16.3. The minimum Gasteiger partial charge on any atom is -0.456 e. The summed E-state index contributed by atoms with van der Waals surface area (Å²) < 4.78 is 19.4. The van der Waals surface area contributed by atoms with E-state index in [1.54, 1.807) is 0 Å². The van der Waals surface area contributed by atoms with Gasteiger partial charge in [-0.25, -0.2) is 0 Å². The molecule has 4 heteroatoms. The van der Waals surface area contributed by atoms with Crippen LogP contribution in [-0.2, 0) is 0 Å². The Hall–Kier alpha value is -7.04. The highest BCUT2D eigenvalue weighted by molar-refractivity contribution is 6.13. The third-order valence-electron chi connectivity index (χ3n) is 10.3. The normalized spacial score (nSPS) is 11.8. The predicted molar refractivity (Wildman–Crippen MR) is 214 cm³/mol. The average Bonchev–Trinajstić information content (AvgIpc) is 3.89. The zero-order chi connectivity index (χ0) is 34.2. The lowest BCUT2D eigenvalue weighted by Gasteiger charge is -2.25. The molecule has 0 saturated carbocycles. The van der Waals surface area contributed by atoms with E-state index in [4.69, 9.17) is 13.3 Å². The maximum Gasteiger partial charge on any atom is 0.143 e. The maximum atomic E-state index is 6.74. The largest absolute Gasteiger partial charge is 0.456 e. The molecular formula is C48H29NO3. The van der Waals surface area contributed by atoms with E-state index in [-0.39, 0.29) is 0 Å². The minimum atomic E-state index is 0.844. The van der Waals surface area contributed by atoms with Crippen LogP contribution in [0, 0.1) is 0 Å². The van der Waals surface area contributed by atoms with Crippen molar-refractivity contribution >= 4 is 82.9 Å². The monoisotopic (exact) mass is 667 g/mol. The molecule has 8 aromatic carbocycles. The van der Waals surface area contributed by atoms with Gasteiger partial charge in [-0.15, -0.1) is 0 Å². The molecule has 4 nitrogen and oxygen atoms in total. The Morgan fingerprint density at radius 2 is 0.731 bits per heavy atom. The fraction of sp³-hybridized carbons (Fsp3) is 0. The van der Waals surface area contributed by atoms with Gasteiger partial charge in [0.05, 0.1) is 0 Å². The van der Waals surface area contributed by atoms with Crippen LogP contribution in [0.4, 0.5) is 17.1 Å². The number of furan rings is 3. The molecule has 11 aromatic rings. The first-order chi connectivity index (χ1) is 25.8. The molecule has 0 aliphatic carbocycles. The highest BCUT2D eigenvalue weighted by Crippen LogP contribution is 2.43. The summed E-state index contributed by atoms with van der Waals surface area (Å²) >= 11 is 0. The first kappa shape index (κ1) is 28.8. The van der Waals surface area contributed by atoms with Crippen LogP contribution in [0.1, 0.15) is 0 Å². The SMILES string of the molecule is c1ccc(-c2cccc3c2oc2c(-c4ccc(N(c5ccc6c(c5)oc5ccccc56)c5ccc6c(c5)oc5ccccc56)cc4)cccc23)cc1. The molecule has 3 heterocycles. The van der Waals surface area contributed by atoms with Crippen molar-refractivity contribution in [3.8, 4) is 22.3 Å². The van der Waals surface area contributed by atoms with E-state index >= 15 is 0 Å². The van der Waals surface area contributed by atoms with Gasteiger partial charge in [0.2, 0.25) is 0 Å². The van der Waals surface area contributed by atoms with Gasteiger partial charge in [0, 0.05) is 72.6 Å². The quantitative estimate of drug-likeness (QED) is 0.183. The number of fused-ring (bicyclic) bond motifs is 9. The molecule has 0 fully saturated rings. The van der Waals surface area contributed by atoms with Crippen LogP contribution >= 0.6 is 0 Å². The van der Waals surface area contributed by atoms with Crippen LogP contribution in [0.25, 0.3) is 88.1 Å². The van der Waals surface area contributed by atoms with Gasteiger partial charge in [-0.1, -0.05) is 115 Å². The fourth-order valence-electron chi connectivity index (χ4n) is 7.84. The minimum absolute atomic E-state index is 0.844. The summed E-state index contributed by atoms with van der Waals surface area (Å²) in [6, 6.07) is 61.3. The fourth-order valence-corrected chi connectivity index (χ4v) is 7.84. The Morgan fingerprint density at radius 1 is 0.288 bits per heavy atom. The second kappa shape index (κ2) is 11.2. The van der Waals surface area contributed by atoms with Gasteiger partial charge in [0.15, 0.2) is 0 Å². The first-order valence-corrected chi connectivity index (χ1v) is 17.5. The molecule has 244 valence electrons. The molecule has 0 atom stereocenters. The van der Waals surface area contributed by atoms with Crippen LogP contribution in [0.2, 0.25) is 0 Å². The lowest BCUT2D eigenvalue weighted by atomic mass is 10.00. The molecule has 0 unspecified atom stereocenters. The molecule has 0 spiro atoms. The van der Waals surface area contributed by atoms with Crippen molar-refractivity contribution in [1.82, 2.24) is 0 Å². The zero-order valence-electron chi connectivity index (χ0n) is 27.9. The summed E-state index contributed by atoms with van der Waals surface area (Å²) in [5.74, 6) is 0. The maximum absolute atomic E-state index is 6.74. The Balaban J connectivity index is 1.06. The third kappa shape index (κ3) is 4.41. The second-order valence-electron chi connectivity index (χ2n) is 13.3. The summed E-state index contributed by atoms with van der Waals surface area (Å²) in [6.45, 7) is 0. The first-order valence-electron chi connectivity index (χ1n) is 17.5. The highest BCUT2D eigenvalue weighted by Gasteiger charge is 2.19.